The molecule has 1 fully saturated rings. The van der Waals surface area contributed by atoms with Crippen LogP contribution in [-0.2, 0) is 11.3 Å². The number of hydrogen-bond donors (Lipinski definition) is 1. The van der Waals surface area contributed by atoms with E-state index in [4.69, 9.17) is 0 Å². The van der Waals surface area contributed by atoms with Crippen molar-refractivity contribution in [2.75, 3.05) is 13.1 Å². The molecule has 0 aliphatic carbocycles. The summed E-state index contributed by atoms with van der Waals surface area (Å²) >= 11 is 0. The van der Waals surface area contributed by atoms with Gasteiger partial charge in [0.1, 0.15) is 0 Å². The molecule has 1 atom stereocenters. The Kier molecular flexibility index (Phi) is 4.38. The molecular formula is C16H23N5O. The summed E-state index contributed by atoms with van der Waals surface area (Å²) in [5.74, 6) is 0.242. The third-order valence-corrected chi connectivity index (χ3v) is 4.39. The summed E-state index contributed by atoms with van der Waals surface area (Å²) in [6.07, 6.45) is 9.17. The van der Waals surface area contributed by atoms with Crippen LogP contribution in [0.1, 0.15) is 32.4 Å². The lowest BCUT2D eigenvalue weighted by Gasteiger charge is -2.34. The Labute approximate surface area is 130 Å². The molecule has 2 aromatic rings. The topological polar surface area (TPSA) is 62.5 Å². The molecule has 0 radical (unpaired) electrons. The zero-order chi connectivity index (χ0) is 15.5. The number of nitrogens with zero attached hydrogens (tertiary/aromatic N) is 4. The number of piperidine rings is 1. The highest BCUT2D eigenvalue weighted by molar-refractivity contribution is 5.78. The van der Waals surface area contributed by atoms with Crippen molar-refractivity contribution in [3.8, 4) is 0 Å². The molecule has 1 amide bonds. The highest BCUT2D eigenvalue weighted by atomic mass is 16.1. The third-order valence-electron chi connectivity index (χ3n) is 4.39. The Morgan fingerprint density at radius 2 is 2.32 bits per heavy atom. The summed E-state index contributed by atoms with van der Waals surface area (Å²) in [5.41, 5.74) is 1.78. The Hall–Kier alpha value is -1.95. The molecule has 0 saturated carbocycles. The van der Waals surface area contributed by atoms with Gasteiger partial charge in [-0.3, -0.25) is 14.2 Å². The first-order valence-electron chi connectivity index (χ1n) is 7.93. The minimum absolute atomic E-state index is 0.0944. The van der Waals surface area contributed by atoms with Gasteiger partial charge in [0.15, 0.2) is 5.65 Å². The molecule has 6 nitrogen and oxygen atoms in total. The van der Waals surface area contributed by atoms with Gasteiger partial charge in [0.05, 0.1) is 30.6 Å². The van der Waals surface area contributed by atoms with Gasteiger partial charge in [-0.1, -0.05) is 0 Å². The number of rotatable bonds is 4. The largest absolute Gasteiger partial charge is 0.350 e. The fourth-order valence-electron chi connectivity index (χ4n) is 3.04. The number of fused-ring (bicyclic) bond motifs is 1. The van der Waals surface area contributed by atoms with Gasteiger partial charge in [0.25, 0.3) is 0 Å². The maximum Gasteiger partial charge on any atom is 0.224 e. The van der Waals surface area contributed by atoms with E-state index in [1.807, 2.05) is 10.6 Å². The summed E-state index contributed by atoms with van der Waals surface area (Å²) in [7, 11) is 0. The summed E-state index contributed by atoms with van der Waals surface area (Å²) in [6, 6.07) is 0.502. The molecule has 22 heavy (non-hydrogen) atoms. The van der Waals surface area contributed by atoms with Crippen molar-refractivity contribution in [3.63, 3.8) is 0 Å². The second kappa shape index (κ2) is 6.44. The molecule has 3 heterocycles. The Morgan fingerprint density at radius 1 is 1.45 bits per heavy atom. The number of carbonyl (C=O) groups excluding carboxylic acids is 1. The summed E-state index contributed by atoms with van der Waals surface area (Å²) in [5, 5.41) is 3.06. The first-order valence-corrected chi connectivity index (χ1v) is 7.93. The summed E-state index contributed by atoms with van der Waals surface area (Å²) < 4.78 is 1.95. The Balaban J connectivity index is 1.60. The number of carbonyl (C=O) groups is 1. The maximum atomic E-state index is 12.4. The number of hydrogen-bond acceptors (Lipinski definition) is 4. The van der Waals surface area contributed by atoms with Crippen molar-refractivity contribution in [1.82, 2.24) is 24.6 Å². The van der Waals surface area contributed by atoms with Gasteiger partial charge >= 0.3 is 0 Å². The van der Waals surface area contributed by atoms with E-state index >= 15 is 0 Å². The molecule has 1 aliphatic rings. The molecule has 0 spiro atoms. The molecule has 0 bridgehead atoms. The molecule has 3 rings (SSSR count). The zero-order valence-corrected chi connectivity index (χ0v) is 13.2. The normalized spacial score (nSPS) is 19.7. The van der Waals surface area contributed by atoms with E-state index < -0.39 is 0 Å². The number of imidazole rings is 1. The van der Waals surface area contributed by atoms with Crippen molar-refractivity contribution in [2.24, 2.45) is 5.92 Å². The zero-order valence-electron chi connectivity index (χ0n) is 13.2. The fourth-order valence-corrected chi connectivity index (χ4v) is 3.04. The maximum absolute atomic E-state index is 12.4. The van der Waals surface area contributed by atoms with Gasteiger partial charge < -0.3 is 10.2 Å². The van der Waals surface area contributed by atoms with E-state index in [0.717, 1.165) is 37.3 Å². The van der Waals surface area contributed by atoms with Crippen LogP contribution in [0.5, 0.6) is 0 Å². The molecule has 1 N–H and O–H groups in total. The highest BCUT2D eigenvalue weighted by Crippen LogP contribution is 2.18. The predicted octanol–water partition coefficient (Wildman–Crippen LogP) is 1.47. The van der Waals surface area contributed by atoms with Crippen molar-refractivity contribution < 1.29 is 4.79 Å². The summed E-state index contributed by atoms with van der Waals surface area (Å²) in [6.45, 7) is 6.84. The first kappa shape index (κ1) is 15.0. The average Bonchev–Trinajstić information content (AvgIpc) is 2.96. The molecule has 118 valence electrons. The van der Waals surface area contributed by atoms with Crippen LogP contribution in [0.25, 0.3) is 5.65 Å². The molecule has 6 heteroatoms. The van der Waals surface area contributed by atoms with Crippen LogP contribution in [0.2, 0.25) is 0 Å². The van der Waals surface area contributed by atoms with Crippen LogP contribution in [0.4, 0.5) is 0 Å². The van der Waals surface area contributed by atoms with Gasteiger partial charge in [-0.2, -0.15) is 0 Å². The SMILES string of the molecule is CC(C)N1CCC[C@@H](C(=O)NCc2cnc3cnccn23)C1. The third kappa shape index (κ3) is 3.11. The standard InChI is InChI=1S/C16H23N5O/c1-12(2)20-6-3-4-13(11-20)16(22)19-9-14-8-18-15-10-17-5-7-21(14)15/h5,7-8,10,12-13H,3-4,6,9,11H2,1-2H3,(H,19,22)/t13-/m1/s1. The molecule has 0 aromatic carbocycles. The number of amides is 1. The quantitative estimate of drug-likeness (QED) is 0.929. The van der Waals surface area contributed by atoms with Crippen LogP contribution in [0.3, 0.4) is 0 Å². The molecule has 2 aromatic heterocycles. The van der Waals surface area contributed by atoms with E-state index in [2.05, 4.69) is 34.0 Å². The fraction of sp³-hybridized carbons (Fsp3) is 0.562. The first-order chi connectivity index (χ1) is 10.6. The van der Waals surface area contributed by atoms with Crippen LogP contribution < -0.4 is 5.32 Å². The second-order valence-corrected chi connectivity index (χ2v) is 6.20. The molecule has 1 aliphatic heterocycles. The number of aromatic nitrogens is 3. The van der Waals surface area contributed by atoms with E-state index in [1.165, 1.54) is 0 Å². The lowest BCUT2D eigenvalue weighted by Crippen LogP contribution is -2.45. The van der Waals surface area contributed by atoms with Gasteiger partial charge in [0, 0.05) is 25.0 Å². The van der Waals surface area contributed by atoms with E-state index in [1.54, 1.807) is 18.6 Å². The van der Waals surface area contributed by atoms with Crippen molar-refractivity contribution in [3.05, 3.63) is 30.5 Å². The monoisotopic (exact) mass is 301 g/mol. The predicted molar refractivity (Wildman–Crippen MR) is 84.3 cm³/mol. The van der Waals surface area contributed by atoms with E-state index in [0.29, 0.717) is 12.6 Å². The lowest BCUT2D eigenvalue weighted by atomic mass is 9.96. The highest BCUT2D eigenvalue weighted by Gasteiger charge is 2.26. The van der Waals surface area contributed by atoms with Gasteiger partial charge in [-0.05, 0) is 33.2 Å². The van der Waals surface area contributed by atoms with E-state index in [-0.39, 0.29) is 11.8 Å². The van der Waals surface area contributed by atoms with Crippen LogP contribution >= 0.6 is 0 Å². The second-order valence-electron chi connectivity index (χ2n) is 6.20. The van der Waals surface area contributed by atoms with Crippen LogP contribution in [0, 0.1) is 5.92 Å². The van der Waals surface area contributed by atoms with Gasteiger partial charge in [-0.25, -0.2) is 4.98 Å². The van der Waals surface area contributed by atoms with Gasteiger partial charge in [-0.15, -0.1) is 0 Å². The van der Waals surface area contributed by atoms with Gasteiger partial charge in [0.2, 0.25) is 5.91 Å². The van der Waals surface area contributed by atoms with Crippen LogP contribution in [0.15, 0.2) is 24.8 Å². The smallest absolute Gasteiger partial charge is 0.224 e. The van der Waals surface area contributed by atoms with Crippen LogP contribution in [-0.4, -0.2) is 44.3 Å². The summed E-state index contributed by atoms with van der Waals surface area (Å²) in [4.78, 5) is 23.1. The minimum atomic E-state index is 0.0944. The number of nitrogens with one attached hydrogen (secondary N) is 1. The Bertz CT molecular complexity index is 651. The molecular weight excluding hydrogens is 278 g/mol. The van der Waals surface area contributed by atoms with Crippen molar-refractivity contribution >= 4 is 11.6 Å². The van der Waals surface area contributed by atoms with Crippen molar-refractivity contribution in [1.29, 1.82) is 0 Å². The van der Waals surface area contributed by atoms with E-state index in [9.17, 15) is 4.79 Å². The average molecular weight is 301 g/mol. The Morgan fingerprint density at radius 3 is 3.14 bits per heavy atom. The molecule has 1 saturated heterocycles. The molecule has 0 unspecified atom stereocenters. The lowest BCUT2D eigenvalue weighted by molar-refractivity contribution is -0.127. The minimum Gasteiger partial charge on any atom is -0.350 e. The van der Waals surface area contributed by atoms with Crippen molar-refractivity contribution in [2.45, 2.75) is 39.3 Å². The number of likely N-dealkylation sites (tertiary alicyclic amines) is 1.